The lowest BCUT2D eigenvalue weighted by atomic mass is 10.1. The zero-order valence-electron chi connectivity index (χ0n) is 11.9. The van der Waals surface area contributed by atoms with Gasteiger partial charge in [-0.15, -0.1) is 0 Å². The molecule has 114 valence electrons. The van der Waals surface area contributed by atoms with Crippen molar-refractivity contribution in [2.45, 2.75) is 18.9 Å². The van der Waals surface area contributed by atoms with Crippen LogP contribution in [0, 0.1) is 0 Å². The number of amides is 1. The summed E-state index contributed by atoms with van der Waals surface area (Å²) in [7, 11) is 0. The number of halogens is 1. The van der Waals surface area contributed by atoms with Gasteiger partial charge in [0.05, 0.1) is 5.56 Å². The Morgan fingerprint density at radius 3 is 2.77 bits per heavy atom. The minimum absolute atomic E-state index is 0.00860. The molecule has 0 spiro atoms. The molecule has 0 bridgehead atoms. The van der Waals surface area contributed by atoms with Gasteiger partial charge < -0.3 is 9.64 Å². The molecule has 0 N–H and O–H groups in total. The number of hydrogen-bond acceptors (Lipinski definition) is 5. The minimum Gasteiger partial charge on any atom is -0.474 e. The Morgan fingerprint density at radius 2 is 2.09 bits per heavy atom. The van der Waals surface area contributed by atoms with Gasteiger partial charge in [-0.1, -0.05) is 0 Å². The van der Waals surface area contributed by atoms with E-state index >= 15 is 0 Å². The number of carbonyl (C=O) groups excluding carboxylic acids is 1. The van der Waals surface area contributed by atoms with Crippen LogP contribution >= 0.6 is 15.9 Å². The summed E-state index contributed by atoms with van der Waals surface area (Å²) in [5.41, 5.74) is 0.601. The van der Waals surface area contributed by atoms with E-state index in [1.165, 1.54) is 6.33 Å². The third-order valence-corrected chi connectivity index (χ3v) is 3.96. The Morgan fingerprint density at radius 1 is 1.27 bits per heavy atom. The molecule has 6 nitrogen and oxygen atoms in total. The highest BCUT2D eigenvalue weighted by Gasteiger charge is 2.25. The highest BCUT2D eigenvalue weighted by atomic mass is 79.9. The molecular weight excluding hydrogens is 348 g/mol. The van der Waals surface area contributed by atoms with Gasteiger partial charge in [-0.2, -0.15) is 0 Å². The number of rotatable bonds is 3. The number of ether oxygens (including phenoxy) is 1. The summed E-state index contributed by atoms with van der Waals surface area (Å²) in [6.07, 6.45) is 8.04. The molecule has 0 atom stereocenters. The van der Waals surface area contributed by atoms with Gasteiger partial charge in [0.1, 0.15) is 12.4 Å². The summed E-state index contributed by atoms with van der Waals surface area (Å²) < 4.78 is 6.61. The highest BCUT2D eigenvalue weighted by Crippen LogP contribution is 2.19. The number of aromatic nitrogens is 3. The van der Waals surface area contributed by atoms with Crippen molar-refractivity contribution in [1.82, 2.24) is 19.9 Å². The second-order valence-electron chi connectivity index (χ2n) is 5.05. The largest absolute Gasteiger partial charge is 0.474 e. The van der Waals surface area contributed by atoms with Gasteiger partial charge in [0.15, 0.2) is 0 Å². The Bertz CT molecular complexity index is 645. The van der Waals surface area contributed by atoms with Gasteiger partial charge in [0.2, 0.25) is 5.88 Å². The molecule has 3 rings (SSSR count). The lowest BCUT2D eigenvalue weighted by Crippen LogP contribution is -2.41. The summed E-state index contributed by atoms with van der Waals surface area (Å²) in [5.74, 6) is 0.588. The van der Waals surface area contributed by atoms with Crippen LogP contribution in [0.3, 0.4) is 0 Å². The fraction of sp³-hybridized carbons (Fsp3) is 0.333. The SMILES string of the molecule is O=C(c1cncc(Br)c1)N1CCC(Oc2ccncn2)CC1. The van der Waals surface area contributed by atoms with Crippen LogP contribution in [0.1, 0.15) is 23.2 Å². The Balaban J connectivity index is 1.56. The average molecular weight is 363 g/mol. The molecule has 1 saturated heterocycles. The monoisotopic (exact) mass is 362 g/mol. The molecule has 1 amide bonds. The van der Waals surface area contributed by atoms with Crippen molar-refractivity contribution in [2.75, 3.05) is 13.1 Å². The van der Waals surface area contributed by atoms with Crippen LogP contribution in [0.2, 0.25) is 0 Å². The second kappa shape index (κ2) is 6.83. The maximum atomic E-state index is 12.4. The van der Waals surface area contributed by atoms with Crippen molar-refractivity contribution in [3.8, 4) is 5.88 Å². The zero-order valence-corrected chi connectivity index (χ0v) is 13.4. The number of carbonyl (C=O) groups is 1. The number of pyridine rings is 1. The lowest BCUT2D eigenvalue weighted by Gasteiger charge is -2.31. The van der Waals surface area contributed by atoms with Crippen LogP contribution in [0.5, 0.6) is 5.88 Å². The molecule has 22 heavy (non-hydrogen) atoms. The van der Waals surface area contributed by atoms with Crippen LogP contribution < -0.4 is 4.74 Å². The van der Waals surface area contributed by atoms with Gasteiger partial charge in [0.25, 0.3) is 5.91 Å². The Kier molecular flexibility index (Phi) is 4.62. The van der Waals surface area contributed by atoms with Crippen molar-refractivity contribution < 1.29 is 9.53 Å². The van der Waals surface area contributed by atoms with Gasteiger partial charge in [0, 0.05) is 55.1 Å². The second-order valence-corrected chi connectivity index (χ2v) is 5.96. The number of hydrogen-bond donors (Lipinski definition) is 0. The third kappa shape index (κ3) is 3.59. The molecule has 1 fully saturated rings. The normalized spacial score (nSPS) is 15.6. The maximum absolute atomic E-state index is 12.4. The van der Waals surface area contributed by atoms with E-state index in [0.717, 1.165) is 17.3 Å². The van der Waals surface area contributed by atoms with Gasteiger partial charge in [-0.3, -0.25) is 9.78 Å². The van der Waals surface area contributed by atoms with Crippen molar-refractivity contribution in [3.63, 3.8) is 0 Å². The van der Waals surface area contributed by atoms with Gasteiger partial charge in [-0.05, 0) is 22.0 Å². The first-order chi connectivity index (χ1) is 10.7. The van der Waals surface area contributed by atoms with E-state index in [1.54, 1.807) is 30.7 Å². The molecule has 7 heteroatoms. The summed E-state index contributed by atoms with van der Waals surface area (Å²) in [6.45, 7) is 1.34. The lowest BCUT2D eigenvalue weighted by molar-refractivity contribution is 0.0587. The van der Waals surface area contributed by atoms with Crippen molar-refractivity contribution >= 4 is 21.8 Å². The molecule has 0 unspecified atom stereocenters. The minimum atomic E-state index is 0.00860. The Hall–Kier alpha value is -2.02. The predicted molar refractivity (Wildman–Crippen MR) is 83.5 cm³/mol. The van der Waals surface area contributed by atoms with E-state index in [0.29, 0.717) is 24.5 Å². The molecule has 0 radical (unpaired) electrons. The van der Waals surface area contributed by atoms with Crippen LogP contribution in [-0.2, 0) is 0 Å². The third-order valence-electron chi connectivity index (χ3n) is 3.52. The number of nitrogens with zero attached hydrogens (tertiary/aromatic N) is 4. The molecule has 2 aromatic rings. The molecule has 0 aliphatic carbocycles. The quantitative estimate of drug-likeness (QED) is 0.837. The van der Waals surface area contributed by atoms with Crippen LogP contribution in [0.4, 0.5) is 0 Å². The van der Waals surface area contributed by atoms with E-state index in [1.807, 2.05) is 4.90 Å². The van der Waals surface area contributed by atoms with Gasteiger partial charge in [-0.25, -0.2) is 9.97 Å². The van der Waals surface area contributed by atoms with Crippen molar-refractivity contribution in [3.05, 3.63) is 47.1 Å². The smallest absolute Gasteiger partial charge is 0.255 e. The fourth-order valence-electron chi connectivity index (χ4n) is 2.41. The van der Waals surface area contributed by atoms with Crippen LogP contribution in [0.15, 0.2) is 41.5 Å². The number of piperidine rings is 1. The van der Waals surface area contributed by atoms with Crippen LogP contribution in [0.25, 0.3) is 0 Å². The summed E-state index contributed by atoms with van der Waals surface area (Å²) >= 11 is 3.34. The van der Waals surface area contributed by atoms with E-state index < -0.39 is 0 Å². The van der Waals surface area contributed by atoms with Crippen molar-refractivity contribution in [1.29, 1.82) is 0 Å². The first-order valence-corrected chi connectivity index (χ1v) is 7.84. The summed E-state index contributed by atoms with van der Waals surface area (Å²) in [5, 5.41) is 0. The fourth-order valence-corrected chi connectivity index (χ4v) is 2.77. The van der Waals surface area contributed by atoms with E-state index in [4.69, 9.17) is 4.74 Å². The molecule has 1 aliphatic heterocycles. The maximum Gasteiger partial charge on any atom is 0.255 e. The first kappa shape index (κ1) is 14.9. The topological polar surface area (TPSA) is 68.2 Å². The molecule has 1 aliphatic rings. The number of likely N-dealkylation sites (tertiary alicyclic amines) is 1. The van der Waals surface area contributed by atoms with E-state index in [-0.39, 0.29) is 12.0 Å². The first-order valence-electron chi connectivity index (χ1n) is 7.05. The van der Waals surface area contributed by atoms with Gasteiger partial charge >= 0.3 is 0 Å². The zero-order chi connectivity index (χ0) is 15.4. The molecular formula is C15H15BrN4O2. The summed E-state index contributed by atoms with van der Waals surface area (Å²) in [6, 6.07) is 3.53. The molecule has 0 aromatic carbocycles. The van der Waals surface area contributed by atoms with E-state index in [2.05, 4.69) is 30.9 Å². The van der Waals surface area contributed by atoms with Crippen LogP contribution in [-0.4, -0.2) is 45.0 Å². The van der Waals surface area contributed by atoms with Crippen molar-refractivity contribution in [2.24, 2.45) is 0 Å². The highest BCUT2D eigenvalue weighted by molar-refractivity contribution is 9.10. The molecule has 0 saturated carbocycles. The Labute approximate surface area is 136 Å². The summed E-state index contributed by atoms with van der Waals surface area (Å²) in [4.78, 5) is 26.2. The standard InChI is InChI=1S/C15H15BrN4O2/c16-12-7-11(8-18-9-12)15(21)20-5-2-13(3-6-20)22-14-1-4-17-10-19-14/h1,4,7-10,13H,2-3,5-6H2. The predicted octanol–water partition coefficient (Wildman–Crippen LogP) is 2.32. The molecule has 2 aromatic heterocycles. The van der Waals surface area contributed by atoms with E-state index in [9.17, 15) is 4.79 Å². The molecule has 3 heterocycles. The average Bonchev–Trinajstić information content (AvgIpc) is 2.56.